The summed E-state index contributed by atoms with van der Waals surface area (Å²) < 4.78 is 19.0. The highest BCUT2D eigenvalue weighted by Gasteiger charge is 2.30. The number of para-hydroxylation sites is 1. The monoisotopic (exact) mass is 467 g/mol. The fourth-order valence-electron chi connectivity index (χ4n) is 4.36. The van der Waals surface area contributed by atoms with Gasteiger partial charge in [-0.25, -0.2) is 0 Å². The molecule has 4 aromatic rings. The lowest BCUT2D eigenvalue weighted by atomic mass is 10.0. The van der Waals surface area contributed by atoms with E-state index in [0.717, 1.165) is 28.6 Å². The molecule has 0 amide bonds. The molecule has 35 heavy (non-hydrogen) atoms. The minimum absolute atomic E-state index is 0.127. The van der Waals surface area contributed by atoms with Crippen LogP contribution in [0.5, 0.6) is 17.2 Å². The van der Waals surface area contributed by atoms with E-state index in [1.54, 1.807) is 49.6 Å². The van der Waals surface area contributed by atoms with Crippen molar-refractivity contribution in [2.24, 2.45) is 0 Å². The maximum absolute atomic E-state index is 13.1. The van der Waals surface area contributed by atoms with Crippen molar-refractivity contribution in [1.29, 1.82) is 0 Å². The molecule has 1 aliphatic rings. The number of hydrogen-bond donors (Lipinski definition) is 0. The normalized spacial score (nSPS) is 13.7. The first-order valence-electron chi connectivity index (χ1n) is 11.4. The standard InChI is InChI=1S/C29H25NO5/c1-4-30-16-20(23-7-5-6-8-24(23)30)14-27-29(32)28-18(2)13-22(15-26(28)35-27)34-17-25(31)19-9-11-21(33-3)12-10-19/h5-16H,4,17H2,1-3H3/b27-14-. The number of benzene rings is 3. The van der Waals surface area contributed by atoms with E-state index in [2.05, 4.69) is 17.6 Å². The van der Waals surface area contributed by atoms with Crippen LogP contribution in [0.25, 0.3) is 17.0 Å². The summed E-state index contributed by atoms with van der Waals surface area (Å²) in [6.45, 7) is 4.62. The molecule has 1 aromatic heterocycles. The van der Waals surface area contributed by atoms with Crippen molar-refractivity contribution in [3.05, 3.63) is 94.9 Å². The maximum Gasteiger partial charge on any atom is 0.232 e. The number of carbonyl (C=O) groups excluding carboxylic acids is 2. The number of ether oxygens (including phenoxy) is 3. The van der Waals surface area contributed by atoms with Crippen LogP contribution in [0.15, 0.2) is 72.6 Å². The molecule has 3 aromatic carbocycles. The van der Waals surface area contributed by atoms with Gasteiger partial charge in [0.25, 0.3) is 0 Å². The molecule has 0 saturated heterocycles. The van der Waals surface area contributed by atoms with Crippen LogP contribution < -0.4 is 14.2 Å². The van der Waals surface area contributed by atoms with E-state index in [0.29, 0.717) is 28.4 Å². The Kier molecular flexibility index (Phi) is 5.87. The third-order valence-corrected chi connectivity index (χ3v) is 6.17. The number of methoxy groups -OCH3 is 1. The van der Waals surface area contributed by atoms with Crippen molar-refractivity contribution < 1.29 is 23.8 Å². The lowest BCUT2D eigenvalue weighted by molar-refractivity contribution is 0.0920. The number of Topliss-reactive ketones (excluding diaryl/α,β-unsaturated/α-hetero) is 2. The molecule has 5 rings (SSSR count). The molecule has 0 unspecified atom stereocenters. The van der Waals surface area contributed by atoms with Crippen molar-refractivity contribution in [2.45, 2.75) is 20.4 Å². The Labute approximate surface area is 203 Å². The first kappa shape index (κ1) is 22.5. The second kappa shape index (κ2) is 9.14. The number of aromatic nitrogens is 1. The predicted octanol–water partition coefficient (Wildman–Crippen LogP) is 5.86. The van der Waals surface area contributed by atoms with Gasteiger partial charge in [-0.15, -0.1) is 0 Å². The van der Waals surface area contributed by atoms with Gasteiger partial charge in [0.1, 0.15) is 17.2 Å². The van der Waals surface area contributed by atoms with Gasteiger partial charge in [-0.2, -0.15) is 0 Å². The van der Waals surface area contributed by atoms with Crippen molar-refractivity contribution in [3.63, 3.8) is 0 Å². The van der Waals surface area contributed by atoms with Crippen LogP contribution in [0.2, 0.25) is 0 Å². The van der Waals surface area contributed by atoms with Gasteiger partial charge >= 0.3 is 0 Å². The first-order chi connectivity index (χ1) is 17.0. The zero-order valence-corrected chi connectivity index (χ0v) is 19.8. The van der Waals surface area contributed by atoms with Crippen LogP contribution in [-0.2, 0) is 6.54 Å². The highest BCUT2D eigenvalue weighted by molar-refractivity contribution is 6.16. The quantitative estimate of drug-likeness (QED) is 0.252. The average Bonchev–Trinajstić information content (AvgIpc) is 3.40. The lowest BCUT2D eigenvalue weighted by Gasteiger charge is -2.09. The van der Waals surface area contributed by atoms with Crippen molar-refractivity contribution in [2.75, 3.05) is 13.7 Å². The first-order valence-corrected chi connectivity index (χ1v) is 11.4. The molecule has 0 saturated carbocycles. The SMILES string of the molecule is CCn1cc(/C=C2\Oc3cc(OCC(=O)c4ccc(OC)cc4)cc(C)c3C2=O)c2ccccc21. The molecule has 0 aliphatic carbocycles. The largest absolute Gasteiger partial charge is 0.497 e. The second-order valence-corrected chi connectivity index (χ2v) is 8.38. The number of hydrogen-bond acceptors (Lipinski definition) is 5. The number of rotatable bonds is 7. The van der Waals surface area contributed by atoms with Gasteiger partial charge in [0, 0.05) is 40.8 Å². The van der Waals surface area contributed by atoms with E-state index < -0.39 is 0 Å². The Morgan fingerprint density at radius 1 is 1.06 bits per heavy atom. The van der Waals surface area contributed by atoms with Crippen molar-refractivity contribution in [3.8, 4) is 17.2 Å². The zero-order chi connectivity index (χ0) is 24.5. The Morgan fingerprint density at radius 3 is 2.57 bits per heavy atom. The molecule has 6 nitrogen and oxygen atoms in total. The number of carbonyl (C=O) groups is 2. The molecule has 0 spiro atoms. The average molecular weight is 468 g/mol. The summed E-state index contributed by atoms with van der Waals surface area (Å²) in [6.07, 6.45) is 3.83. The van der Waals surface area contributed by atoms with Gasteiger partial charge in [0.15, 0.2) is 18.1 Å². The minimum atomic E-state index is -0.160. The molecule has 0 fully saturated rings. The molecular weight excluding hydrogens is 442 g/mol. The number of aryl methyl sites for hydroxylation is 2. The fourth-order valence-corrected chi connectivity index (χ4v) is 4.36. The summed E-state index contributed by atoms with van der Waals surface area (Å²) in [5.74, 6) is 1.55. The fraction of sp³-hybridized carbons (Fsp3) is 0.172. The van der Waals surface area contributed by atoms with Crippen LogP contribution in [0, 0.1) is 6.92 Å². The summed E-state index contributed by atoms with van der Waals surface area (Å²) in [6, 6.07) is 18.4. The molecule has 6 heteroatoms. The number of allylic oxidation sites excluding steroid dienone is 1. The second-order valence-electron chi connectivity index (χ2n) is 8.38. The summed E-state index contributed by atoms with van der Waals surface area (Å²) in [7, 11) is 1.58. The highest BCUT2D eigenvalue weighted by Crippen LogP contribution is 2.38. The molecule has 0 N–H and O–H groups in total. The van der Waals surface area contributed by atoms with Gasteiger partial charge in [0.2, 0.25) is 5.78 Å². The third kappa shape index (κ3) is 4.19. The molecule has 0 bridgehead atoms. The summed E-state index contributed by atoms with van der Waals surface area (Å²) >= 11 is 0. The van der Waals surface area contributed by atoms with E-state index in [9.17, 15) is 9.59 Å². The number of ketones is 2. The van der Waals surface area contributed by atoms with E-state index in [-0.39, 0.29) is 23.9 Å². The third-order valence-electron chi connectivity index (χ3n) is 6.17. The van der Waals surface area contributed by atoms with Gasteiger partial charge < -0.3 is 18.8 Å². The van der Waals surface area contributed by atoms with Gasteiger partial charge in [-0.1, -0.05) is 18.2 Å². The van der Waals surface area contributed by atoms with Gasteiger partial charge in [0.05, 0.1) is 12.7 Å². The predicted molar refractivity (Wildman–Crippen MR) is 135 cm³/mol. The molecular formula is C29H25NO5. The van der Waals surface area contributed by atoms with E-state index in [1.807, 2.05) is 31.3 Å². The van der Waals surface area contributed by atoms with Crippen LogP contribution >= 0.6 is 0 Å². The summed E-state index contributed by atoms with van der Waals surface area (Å²) in [4.78, 5) is 25.7. The maximum atomic E-state index is 13.1. The molecule has 1 aliphatic heterocycles. The number of fused-ring (bicyclic) bond motifs is 2. The van der Waals surface area contributed by atoms with Gasteiger partial charge in [-0.05, 0) is 61.9 Å². The summed E-state index contributed by atoms with van der Waals surface area (Å²) in [5, 5.41) is 1.06. The van der Waals surface area contributed by atoms with Crippen LogP contribution in [0.3, 0.4) is 0 Å². The van der Waals surface area contributed by atoms with E-state index in [4.69, 9.17) is 14.2 Å². The lowest BCUT2D eigenvalue weighted by Crippen LogP contribution is -2.11. The van der Waals surface area contributed by atoms with E-state index in [1.165, 1.54) is 0 Å². The smallest absolute Gasteiger partial charge is 0.232 e. The highest BCUT2D eigenvalue weighted by atomic mass is 16.5. The number of nitrogens with zero attached hydrogens (tertiary/aromatic N) is 1. The Morgan fingerprint density at radius 2 is 1.83 bits per heavy atom. The Bertz CT molecular complexity index is 1480. The van der Waals surface area contributed by atoms with Crippen molar-refractivity contribution >= 4 is 28.5 Å². The summed E-state index contributed by atoms with van der Waals surface area (Å²) in [5.41, 5.74) is 3.82. The Balaban J connectivity index is 1.37. The van der Waals surface area contributed by atoms with E-state index >= 15 is 0 Å². The van der Waals surface area contributed by atoms with Crippen LogP contribution in [0.1, 0.15) is 38.8 Å². The van der Waals surface area contributed by atoms with Crippen molar-refractivity contribution in [1.82, 2.24) is 4.57 Å². The zero-order valence-electron chi connectivity index (χ0n) is 19.8. The molecule has 2 heterocycles. The van der Waals surface area contributed by atoms with Crippen LogP contribution in [0.4, 0.5) is 0 Å². The minimum Gasteiger partial charge on any atom is -0.497 e. The molecule has 176 valence electrons. The van der Waals surface area contributed by atoms with Crippen LogP contribution in [-0.4, -0.2) is 29.9 Å². The Hall–Kier alpha value is -4.32. The molecule has 0 atom stereocenters. The molecule has 0 radical (unpaired) electrons. The van der Waals surface area contributed by atoms with Gasteiger partial charge in [-0.3, -0.25) is 9.59 Å². The topological polar surface area (TPSA) is 66.8 Å².